The van der Waals surface area contributed by atoms with Crippen LogP contribution in [0.2, 0.25) is 0 Å². The highest BCUT2D eigenvalue weighted by Crippen LogP contribution is 2.38. The first-order chi connectivity index (χ1) is 9.01. The van der Waals surface area contributed by atoms with Crippen LogP contribution in [0.3, 0.4) is 0 Å². The molecule has 0 bridgehead atoms. The third kappa shape index (κ3) is 4.29. The zero-order valence-electron chi connectivity index (χ0n) is 10.6. The third-order valence-electron chi connectivity index (χ3n) is 2.93. The van der Waals surface area contributed by atoms with E-state index in [2.05, 4.69) is 62.3 Å². The Morgan fingerprint density at radius 1 is 1.42 bits per heavy atom. The van der Waals surface area contributed by atoms with Gasteiger partial charge in [0, 0.05) is 14.9 Å². The van der Waals surface area contributed by atoms with Crippen molar-refractivity contribution in [2.45, 2.75) is 45.6 Å². The second-order valence-corrected chi connectivity index (χ2v) is 10.4. The molecule has 4 nitrogen and oxygen atoms in total. The van der Waals surface area contributed by atoms with Crippen LogP contribution in [0.4, 0.5) is 0 Å². The van der Waals surface area contributed by atoms with Gasteiger partial charge >= 0.3 is 0 Å². The Bertz CT molecular complexity index is 417. The summed E-state index contributed by atoms with van der Waals surface area (Å²) in [5.41, 5.74) is 0. The molecule has 106 valence electrons. The second kappa shape index (κ2) is 7.39. The highest BCUT2D eigenvalue weighted by molar-refractivity contribution is 14.1. The second-order valence-electron chi connectivity index (χ2n) is 4.62. The topological polar surface area (TPSA) is 54.1 Å². The number of nitroso groups, excluding NO2 is 1. The van der Waals surface area contributed by atoms with Crippen molar-refractivity contribution in [3.05, 3.63) is 4.91 Å². The monoisotopic (exact) mass is 523 g/mol. The fourth-order valence-corrected chi connectivity index (χ4v) is 6.43. The van der Waals surface area contributed by atoms with Crippen LogP contribution in [0, 0.1) is 4.91 Å². The lowest BCUT2D eigenvalue weighted by Gasteiger charge is -2.19. The van der Waals surface area contributed by atoms with Gasteiger partial charge in [-0.1, -0.05) is 69.0 Å². The molecule has 8 heteroatoms. The lowest BCUT2D eigenvalue weighted by Crippen LogP contribution is -2.29. The van der Waals surface area contributed by atoms with Crippen LogP contribution in [-0.2, 0) is 0 Å². The molecule has 0 amide bonds. The molecule has 2 aliphatic heterocycles. The molecule has 0 spiro atoms. The molecule has 2 aliphatic rings. The van der Waals surface area contributed by atoms with E-state index in [0.717, 1.165) is 22.3 Å². The smallest absolute Gasteiger partial charge is 0.124 e. The van der Waals surface area contributed by atoms with Gasteiger partial charge < -0.3 is 0 Å². The predicted octanol–water partition coefficient (Wildman–Crippen LogP) is 4.14. The molecule has 5 atom stereocenters. The van der Waals surface area contributed by atoms with Crippen LogP contribution in [0.25, 0.3) is 0 Å². The lowest BCUT2D eigenvalue weighted by molar-refractivity contribution is 0.531. The summed E-state index contributed by atoms with van der Waals surface area (Å²) >= 11 is 8.32. The Morgan fingerprint density at radius 2 is 2.16 bits per heavy atom. The Morgan fingerprint density at radius 3 is 2.68 bits per heavy atom. The van der Waals surface area contributed by atoms with Crippen molar-refractivity contribution in [3.8, 4) is 0 Å². The van der Waals surface area contributed by atoms with Crippen LogP contribution in [0.5, 0.6) is 0 Å². The van der Waals surface area contributed by atoms with Crippen LogP contribution in [0.15, 0.2) is 15.2 Å². The summed E-state index contributed by atoms with van der Waals surface area (Å²) in [7, 11) is 0. The Kier molecular flexibility index (Phi) is 6.41. The zero-order chi connectivity index (χ0) is 14.0. The van der Waals surface area contributed by atoms with E-state index in [9.17, 15) is 4.91 Å². The molecule has 0 fully saturated rings. The van der Waals surface area contributed by atoms with Crippen molar-refractivity contribution in [1.29, 1.82) is 0 Å². The molecular weight excluding hydrogens is 508 g/mol. The Hall–Kier alpha value is 1.10. The number of thioether (sulfide) groups is 2. The van der Waals surface area contributed by atoms with Gasteiger partial charge in [-0.15, -0.1) is 11.8 Å². The highest BCUT2D eigenvalue weighted by atomic mass is 127. The van der Waals surface area contributed by atoms with E-state index in [4.69, 9.17) is 4.99 Å². The van der Waals surface area contributed by atoms with Gasteiger partial charge in [0.25, 0.3) is 0 Å². The maximum Gasteiger partial charge on any atom is 0.124 e. The van der Waals surface area contributed by atoms with Crippen LogP contribution in [0.1, 0.15) is 20.3 Å². The summed E-state index contributed by atoms with van der Waals surface area (Å²) in [6, 6.07) is -0.251. The quantitative estimate of drug-likeness (QED) is 0.236. The van der Waals surface area contributed by atoms with Crippen molar-refractivity contribution in [2.24, 2.45) is 15.2 Å². The maximum absolute atomic E-state index is 10.8. The summed E-state index contributed by atoms with van der Waals surface area (Å²) in [5.74, 6) is 1.02. The minimum Gasteiger partial charge on any atom is -0.269 e. The Labute approximate surface area is 149 Å². The summed E-state index contributed by atoms with van der Waals surface area (Å²) in [6.07, 6.45) is 1.05. The summed E-state index contributed by atoms with van der Waals surface area (Å²) in [4.78, 5) is 20.2. The molecule has 19 heavy (non-hydrogen) atoms. The van der Waals surface area contributed by atoms with Gasteiger partial charge in [0.15, 0.2) is 0 Å². The molecule has 2 rings (SSSR count). The molecular formula is C11H15I2N3OS2. The van der Waals surface area contributed by atoms with Gasteiger partial charge in [-0.2, -0.15) is 4.91 Å². The van der Waals surface area contributed by atoms with Gasteiger partial charge in [0.05, 0.1) is 6.04 Å². The SMILES string of the molecule is CC(I)CC1SC(C2=NC(I)CS2)=NC1C(C)N=O. The third-order valence-corrected chi connectivity index (χ3v) is 7.23. The lowest BCUT2D eigenvalue weighted by atomic mass is 10.0. The zero-order valence-corrected chi connectivity index (χ0v) is 16.6. The average molecular weight is 523 g/mol. The average Bonchev–Trinajstić information content (AvgIpc) is 2.94. The largest absolute Gasteiger partial charge is 0.269 e. The molecule has 0 saturated heterocycles. The molecule has 0 aromatic rings. The Balaban J connectivity index is 2.14. The summed E-state index contributed by atoms with van der Waals surface area (Å²) in [5, 5.41) is 5.61. The van der Waals surface area contributed by atoms with E-state index >= 15 is 0 Å². The van der Waals surface area contributed by atoms with Crippen molar-refractivity contribution < 1.29 is 0 Å². The van der Waals surface area contributed by atoms with Crippen LogP contribution < -0.4 is 0 Å². The number of aliphatic imine (C=N–C) groups is 2. The number of hydrogen-bond acceptors (Lipinski definition) is 6. The van der Waals surface area contributed by atoms with Crippen LogP contribution >= 0.6 is 68.7 Å². The van der Waals surface area contributed by atoms with Crippen molar-refractivity contribution in [2.75, 3.05) is 5.75 Å². The van der Waals surface area contributed by atoms with E-state index in [1.165, 1.54) is 0 Å². The fourth-order valence-electron chi connectivity index (χ4n) is 2.02. The number of rotatable bonds is 5. The minimum absolute atomic E-state index is 0.00581. The van der Waals surface area contributed by atoms with Gasteiger partial charge in [-0.25, -0.2) is 0 Å². The van der Waals surface area contributed by atoms with Gasteiger partial charge in [-0.3, -0.25) is 9.98 Å². The first kappa shape index (κ1) is 16.5. The van der Waals surface area contributed by atoms with Crippen LogP contribution in [-0.4, -0.2) is 41.1 Å². The van der Waals surface area contributed by atoms with Gasteiger partial charge in [0.2, 0.25) is 0 Å². The van der Waals surface area contributed by atoms with E-state index in [1.807, 2.05) is 6.92 Å². The normalized spacial score (nSPS) is 33.8. The fraction of sp³-hybridized carbons (Fsp3) is 0.818. The standard InChI is InChI=1S/C11H15I2N3OS2/c1-5(12)3-7-9(6(2)16-17)15-11(19-7)10-14-8(13)4-18-10/h5-9H,3-4H2,1-2H3. The molecule has 0 saturated carbocycles. The molecule has 0 aromatic carbocycles. The van der Waals surface area contributed by atoms with E-state index in [1.54, 1.807) is 23.5 Å². The molecule has 0 radical (unpaired) electrons. The first-order valence-corrected chi connectivity index (χ1v) is 10.4. The number of nitrogens with zero attached hydrogens (tertiary/aromatic N) is 3. The van der Waals surface area contributed by atoms with E-state index in [-0.39, 0.29) is 12.1 Å². The minimum atomic E-state index is -0.257. The number of alkyl halides is 2. The van der Waals surface area contributed by atoms with Crippen molar-refractivity contribution >= 4 is 78.8 Å². The van der Waals surface area contributed by atoms with Gasteiger partial charge in [0.1, 0.15) is 20.2 Å². The predicted molar refractivity (Wildman–Crippen MR) is 104 cm³/mol. The maximum atomic E-state index is 10.8. The molecule has 5 unspecified atom stereocenters. The van der Waals surface area contributed by atoms with Crippen molar-refractivity contribution in [3.63, 3.8) is 0 Å². The van der Waals surface area contributed by atoms with Gasteiger partial charge in [-0.05, 0) is 13.3 Å². The first-order valence-electron chi connectivity index (χ1n) is 6.07. The highest BCUT2D eigenvalue weighted by Gasteiger charge is 2.37. The van der Waals surface area contributed by atoms with Crippen molar-refractivity contribution in [1.82, 2.24) is 0 Å². The molecule has 0 N–H and O–H groups in total. The molecule has 2 heterocycles. The van der Waals surface area contributed by atoms with E-state index < -0.39 is 0 Å². The number of halogens is 2. The summed E-state index contributed by atoms with van der Waals surface area (Å²) < 4.78 is 0.921. The van der Waals surface area contributed by atoms with E-state index in [0.29, 0.717) is 13.2 Å². The molecule has 0 aromatic heterocycles. The summed E-state index contributed by atoms with van der Waals surface area (Å²) in [6.45, 7) is 4.05. The molecule has 0 aliphatic carbocycles. The number of hydrogen-bond donors (Lipinski definition) is 0.